The Labute approximate surface area is 643 Å². The van der Waals surface area contributed by atoms with E-state index in [-0.39, 0.29) is 25.7 Å². The van der Waals surface area contributed by atoms with Gasteiger partial charge in [0.1, 0.15) is 19.3 Å². The molecule has 3 N–H and O–H groups in total. The van der Waals surface area contributed by atoms with Gasteiger partial charge < -0.3 is 33.8 Å². The lowest BCUT2D eigenvalue weighted by Crippen LogP contribution is -2.30. The van der Waals surface area contributed by atoms with Gasteiger partial charge in [0.25, 0.3) is 0 Å². The maximum atomic E-state index is 13.1. The van der Waals surface area contributed by atoms with Gasteiger partial charge in [0.2, 0.25) is 0 Å². The fraction of sp³-hybridized carbons (Fsp3) is 0.678. The zero-order valence-corrected chi connectivity index (χ0v) is 68.1. The molecule has 606 valence electrons. The smallest absolute Gasteiger partial charge is 0.462 e. The number of hydrogen-bond acceptors (Lipinski definition) is 15. The number of ether oxygens (including phenoxy) is 4. The minimum absolute atomic E-state index is 0.0671. The zero-order valence-electron chi connectivity index (χ0n) is 66.3. The molecule has 0 rings (SSSR count). The highest BCUT2D eigenvalue weighted by Crippen LogP contribution is 2.45. The third kappa shape index (κ3) is 77.1. The van der Waals surface area contributed by atoms with Crippen molar-refractivity contribution < 1.29 is 80.2 Å². The third-order valence-corrected chi connectivity index (χ3v) is 18.7. The van der Waals surface area contributed by atoms with Crippen LogP contribution in [0, 0.1) is 0 Å². The fourth-order valence-electron chi connectivity index (χ4n) is 10.7. The lowest BCUT2D eigenvalue weighted by atomic mass is 10.1. The number of unbranched alkanes of at least 4 members (excludes halogenated alkanes) is 26. The van der Waals surface area contributed by atoms with Crippen LogP contribution in [-0.4, -0.2) is 96.7 Å². The van der Waals surface area contributed by atoms with Gasteiger partial charge in [0, 0.05) is 25.7 Å². The first-order valence-corrected chi connectivity index (χ1v) is 44.1. The molecule has 5 atom stereocenters. The summed E-state index contributed by atoms with van der Waals surface area (Å²) in [5.41, 5.74) is 0. The number of esters is 4. The predicted octanol–water partition coefficient (Wildman–Crippen LogP) is 24.2. The summed E-state index contributed by atoms with van der Waals surface area (Å²) in [6, 6.07) is 0. The third-order valence-electron chi connectivity index (χ3n) is 16.8. The van der Waals surface area contributed by atoms with Gasteiger partial charge in [-0.2, -0.15) is 0 Å². The molecule has 0 amide bonds. The molecule has 0 aromatic carbocycles. The minimum Gasteiger partial charge on any atom is -0.462 e. The second-order valence-corrected chi connectivity index (χ2v) is 29.8. The Bertz CT molecular complexity index is 2580. The Morgan fingerprint density at radius 3 is 0.764 bits per heavy atom. The highest BCUT2D eigenvalue weighted by Gasteiger charge is 2.30. The molecular weight excluding hydrogens is 1380 g/mol. The topological polar surface area (TPSA) is 237 Å². The minimum atomic E-state index is -5.00. The molecule has 0 aliphatic carbocycles. The Morgan fingerprint density at radius 1 is 0.274 bits per heavy atom. The number of carbonyl (C=O) groups excluding carboxylic acids is 4. The lowest BCUT2D eigenvalue weighted by molar-refractivity contribution is -0.161. The van der Waals surface area contributed by atoms with E-state index >= 15 is 0 Å². The summed E-state index contributed by atoms with van der Waals surface area (Å²) in [5.74, 6) is -2.23. The van der Waals surface area contributed by atoms with Gasteiger partial charge in [-0.1, -0.05) is 302 Å². The molecule has 19 heteroatoms. The maximum absolute atomic E-state index is 13.1. The molecule has 0 aliphatic heterocycles. The van der Waals surface area contributed by atoms with Crippen LogP contribution in [0.3, 0.4) is 0 Å². The normalized spacial score (nSPS) is 14.6. The van der Waals surface area contributed by atoms with Gasteiger partial charge in [-0.05, 0) is 141 Å². The molecule has 0 bridgehead atoms. The van der Waals surface area contributed by atoms with E-state index < -0.39 is 97.5 Å². The quantitative estimate of drug-likeness (QED) is 0.0169. The molecule has 0 aliphatic rings. The van der Waals surface area contributed by atoms with Crippen LogP contribution in [0.4, 0.5) is 0 Å². The molecule has 0 spiro atoms. The summed E-state index contributed by atoms with van der Waals surface area (Å²) in [5, 5.41) is 10.7. The number of allylic oxidation sites excluding steroid dienone is 24. The van der Waals surface area contributed by atoms with Crippen molar-refractivity contribution in [2.75, 3.05) is 39.6 Å². The van der Waals surface area contributed by atoms with E-state index in [2.05, 4.69) is 174 Å². The first-order valence-electron chi connectivity index (χ1n) is 41.1. The molecule has 0 heterocycles. The first kappa shape index (κ1) is 101. The Kier molecular flexibility index (Phi) is 74.3. The van der Waals surface area contributed by atoms with Crippen LogP contribution in [0.15, 0.2) is 146 Å². The van der Waals surface area contributed by atoms with E-state index in [0.717, 1.165) is 205 Å². The number of aliphatic hydroxyl groups is 1. The maximum Gasteiger partial charge on any atom is 0.472 e. The summed E-state index contributed by atoms with van der Waals surface area (Å²) in [6.07, 6.45) is 89.6. The second-order valence-electron chi connectivity index (χ2n) is 26.9. The molecular formula is C87H146O17P2. The highest BCUT2D eigenvalue weighted by molar-refractivity contribution is 7.47. The molecule has 0 saturated heterocycles. The number of carbonyl (C=O) groups is 4. The van der Waals surface area contributed by atoms with Gasteiger partial charge in [-0.15, -0.1) is 0 Å². The van der Waals surface area contributed by atoms with Crippen LogP contribution in [0.5, 0.6) is 0 Å². The largest absolute Gasteiger partial charge is 0.472 e. The molecule has 0 aromatic heterocycles. The van der Waals surface area contributed by atoms with E-state index in [9.17, 15) is 43.2 Å². The first-order chi connectivity index (χ1) is 51.7. The van der Waals surface area contributed by atoms with Crippen molar-refractivity contribution >= 4 is 39.5 Å². The van der Waals surface area contributed by atoms with Crippen molar-refractivity contribution in [3.63, 3.8) is 0 Å². The van der Waals surface area contributed by atoms with Crippen molar-refractivity contribution in [1.82, 2.24) is 0 Å². The SMILES string of the molecule is CC/C=C\C/C=C\C/C=C\C/C=C\C/C=C\CCCCCC(=O)OCC(COP(=O)(O)OCC(O)COP(=O)(O)OCC(COC(=O)CCCCCCCCC/C=C\C/C=C\C/C=C\CC)OC(=O)CCCCCCCCCCCCC)OC(=O)CCCCCCCC/C=C\C/C=C\C/C=C\C/C=C\CC. The van der Waals surface area contributed by atoms with Crippen molar-refractivity contribution in [3.05, 3.63) is 146 Å². The van der Waals surface area contributed by atoms with E-state index in [4.69, 9.17) is 37.0 Å². The number of aliphatic hydroxyl groups excluding tert-OH is 1. The standard InChI is InChI=1S/C87H146O17P2/c1-5-9-13-17-21-25-29-32-35-38-40-43-46-49-53-56-60-64-68-72-85(90)98-78-83(104-87(92)74-70-66-62-58-54-50-47-44-41-39-36-33-30-26-22-18-14-10-6-2)80-102-106(95,96)100-76-81(88)75-99-105(93,94)101-79-82(103-86(91)73-69-65-61-57-51-28-24-20-16-12-8-4)77-97-84(89)71-67-63-59-55-52-48-45-42-37-34-31-27-23-19-15-11-7-3/h9-11,13-15,21-23,25-27,32-37,40-41,43-44,49,53,81-83,88H,5-8,12,16-20,24,28-31,38-39,42,45-48,50-52,54-80H2,1-4H3,(H,93,94)(H,95,96)/b13-9-,14-10-,15-11-,25-21-,26-22-,27-23-,35-32-,36-33-,37-34-,43-40-,44-41-,53-49-. The molecule has 0 radical (unpaired) electrons. The number of phosphoric acid groups is 2. The number of hydrogen-bond donors (Lipinski definition) is 3. The summed E-state index contributed by atoms with van der Waals surface area (Å²) in [6.45, 7) is 4.49. The van der Waals surface area contributed by atoms with Crippen LogP contribution in [0.25, 0.3) is 0 Å². The van der Waals surface area contributed by atoms with Crippen molar-refractivity contribution in [2.24, 2.45) is 0 Å². The van der Waals surface area contributed by atoms with Crippen molar-refractivity contribution in [3.8, 4) is 0 Å². The highest BCUT2D eigenvalue weighted by atomic mass is 31.2. The van der Waals surface area contributed by atoms with Gasteiger partial charge in [-0.3, -0.25) is 37.3 Å². The van der Waals surface area contributed by atoms with Gasteiger partial charge >= 0.3 is 39.5 Å². The summed E-state index contributed by atoms with van der Waals surface area (Å²) >= 11 is 0. The van der Waals surface area contributed by atoms with Gasteiger partial charge in [-0.25, -0.2) is 9.13 Å². The zero-order chi connectivity index (χ0) is 77.4. The van der Waals surface area contributed by atoms with Crippen LogP contribution in [-0.2, 0) is 65.4 Å². The van der Waals surface area contributed by atoms with Crippen LogP contribution in [0.1, 0.15) is 323 Å². The number of rotatable bonds is 76. The van der Waals surface area contributed by atoms with Crippen LogP contribution in [0.2, 0.25) is 0 Å². The van der Waals surface area contributed by atoms with Gasteiger partial charge in [0.15, 0.2) is 12.2 Å². The molecule has 0 aromatic rings. The summed E-state index contributed by atoms with van der Waals surface area (Å²) in [4.78, 5) is 73.1. The fourth-order valence-corrected chi connectivity index (χ4v) is 12.2. The number of phosphoric ester groups is 2. The Morgan fingerprint density at radius 2 is 0.491 bits per heavy atom. The molecule has 0 saturated carbocycles. The summed E-state index contributed by atoms with van der Waals surface area (Å²) < 4.78 is 68.6. The Balaban J connectivity index is 5.39. The predicted molar refractivity (Wildman–Crippen MR) is 436 cm³/mol. The van der Waals surface area contributed by atoms with E-state index in [1.54, 1.807) is 0 Å². The van der Waals surface area contributed by atoms with Gasteiger partial charge in [0.05, 0.1) is 26.4 Å². The molecule has 106 heavy (non-hydrogen) atoms. The molecule has 17 nitrogen and oxygen atoms in total. The molecule has 0 fully saturated rings. The average Bonchev–Trinajstić information content (AvgIpc) is 0.901. The van der Waals surface area contributed by atoms with Crippen molar-refractivity contribution in [2.45, 2.75) is 341 Å². The van der Waals surface area contributed by atoms with Crippen LogP contribution < -0.4 is 0 Å². The summed E-state index contributed by atoms with van der Waals surface area (Å²) in [7, 11) is -9.98. The Hall–Kier alpha value is -5.06. The van der Waals surface area contributed by atoms with Crippen LogP contribution >= 0.6 is 15.6 Å². The van der Waals surface area contributed by atoms with Crippen molar-refractivity contribution in [1.29, 1.82) is 0 Å². The van der Waals surface area contributed by atoms with E-state index in [1.165, 1.54) is 38.5 Å². The molecule has 5 unspecified atom stereocenters. The van der Waals surface area contributed by atoms with E-state index in [0.29, 0.717) is 25.7 Å². The average molecular weight is 1530 g/mol. The monoisotopic (exact) mass is 1530 g/mol. The second kappa shape index (κ2) is 78.1. The lowest BCUT2D eigenvalue weighted by Gasteiger charge is -2.21. The van der Waals surface area contributed by atoms with E-state index in [1.807, 2.05) is 0 Å².